The zero-order valence-electron chi connectivity index (χ0n) is 25.2. The Morgan fingerprint density at radius 3 is 2.33 bits per heavy atom. The van der Waals surface area contributed by atoms with Crippen molar-refractivity contribution in [1.29, 1.82) is 0 Å². The molecule has 1 fully saturated rings. The quantitative estimate of drug-likeness (QED) is 0.242. The summed E-state index contributed by atoms with van der Waals surface area (Å²) in [6.07, 6.45) is 5.75. The number of methoxy groups -OCH3 is 1. The van der Waals surface area contributed by atoms with Gasteiger partial charge in [0.2, 0.25) is 5.91 Å². The van der Waals surface area contributed by atoms with Gasteiger partial charge < -0.3 is 19.7 Å². The summed E-state index contributed by atoms with van der Waals surface area (Å²) < 4.78 is 12.3. The Balaban J connectivity index is 1.62. The van der Waals surface area contributed by atoms with E-state index in [9.17, 15) is 9.59 Å². The van der Waals surface area contributed by atoms with Crippen LogP contribution in [0.5, 0.6) is 11.5 Å². The number of rotatable bonds is 11. The Morgan fingerprint density at radius 1 is 0.952 bits per heavy atom. The number of hydrogen-bond acceptors (Lipinski definition) is 4. The van der Waals surface area contributed by atoms with E-state index in [0.29, 0.717) is 17.9 Å². The van der Waals surface area contributed by atoms with Crippen LogP contribution in [0.3, 0.4) is 0 Å². The van der Waals surface area contributed by atoms with Gasteiger partial charge in [-0.25, -0.2) is 0 Å². The average Bonchev–Trinajstić information content (AvgIpc) is 2.98. The van der Waals surface area contributed by atoms with Gasteiger partial charge in [0, 0.05) is 19.0 Å². The van der Waals surface area contributed by atoms with Gasteiger partial charge in [-0.2, -0.15) is 0 Å². The number of carbonyl (C=O) groups is 2. The summed E-state index contributed by atoms with van der Waals surface area (Å²) in [6.45, 7) is 6.51. The van der Waals surface area contributed by atoms with Gasteiger partial charge in [0.25, 0.3) is 5.91 Å². The number of benzene rings is 3. The van der Waals surface area contributed by atoms with E-state index in [4.69, 9.17) is 9.47 Å². The Kier molecular flexibility index (Phi) is 11.1. The average molecular weight is 636 g/mol. The Hall–Kier alpha value is -3.32. The maximum Gasteiger partial charge on any atom is 0.261 e. The van der Waals surface area contributed by atoms with Gasteiger partial charge in [-0.05, 0) is 75.1 Å². The molecule has 0 aromatic heterocycles. The smallest absolute Gasteiger partial charge is 0.261 e. The Morgan fingerprint density at radius 2 is 1.67 bits per heavy atom. The third kappa shape index (κ3) is 8.84. The molecule has 3 aromatic rings. The summed E-state index contributed by atoms with van der Waals surface area (Å²) in [5.41, 5.74) is 3.02. The van der Waals surface area contributed by atoms with Crippen LogP contribution in [0.2, 0.25) is 0 Å². The van der Waals surface area contributed by atoms with Crippen LogP contribution in [0.25, 0.3) is 0 Å². The molecule has 7 heteroatoms. The molecule has 0 radical (unpaired) electrons. The van der Waals surface area contributed by atoms with Crippen molar-refractivity contribution < 1.29 is 19.1 Å². The molecular formula is C35H43BrN2O4. The van der Waals surface area contributed by atoms with E-state index >= 15 is 0 Å². The molecule has 0 saturated heterocycles. The zero-order chi connectivity index (χ0) is 30.1. The van der Waals surface area contributed by atoms with E-state index in [2.05, 4.69) is 42.0 Å². The summed E-state index contributed by atoms with van der Waals surface area (Å²) in [7, 11) is 1.62. The number of ether oxygens (including phenoxy) is 2. The van der Waals surface area contributed by atoms with Gasteiger partial charge in [0.1, 0.15) is 17.5 Å². The second-order valence-electron chi connectivity index (χ2n) is 12.1. The van der Waals surface area contributed by atoms with Crippen molar-refractivity contribution in [2.75, 3.05) is 13.7 Å². The van der Waals surface area contributed by atoms with E-state index in [1.807, 2.05) is 72.8 Å². The highest BCUT2D eigenvalue weighted by Gasteiger charge is 2.32. The molecule has 0 aliphatic heterocycles. The fourth-order valence-corrected chi connectivity index (χ4v) is 5.87. The normalized spacial score (nSPS) is 14.6. The SMILES string of the molecule is COc1cccc(CN(C(=O)COc2ccc(C(C)(C)C)cc2Br)C(Cc2ccccc2)C(=O)NC2CCCCC2)c1. The number of nitrogens with zero attached hydrogens (tertiary/aromatic N) is 1. The molecule has 6 nitrogen and oxygen atoms in total. The van der Waals surface area contributed by atoms with Gasteiger partial charge in [-0.15, -0.1) is 0 Å². The molecule has 4 rings (SSSR count). The van der Waals surface area contributed by atoms with Crippen molar-refractivity contribution in [3.8, 4) is 11.5 Å². The highest BCUT2D eigenvalue weighted by atomic mass is 79.9. The van der Waals surface area contributed by atoms with Crippen molar-refractivity contribution in [2.45, 2.75) is 83.3 Å². The van der Waals surface area contributed by atoms with E-state index in [0.717, 1.165) is 46.8 Å². The lowest BCUT2D eigenvalue weighted by Gasteiger charge is -2.33. The van der Waals surface area contributed by atoms with Crippen LogP contribution in [-0.4, -0.2) is 42.5 Å². The van der Waals surface area contributed by atoms with Gasteiger partial charge >= 0.3 is 0 Å². The lowest BCUT2D eigenvalue weighted by atomic mass is 9.87. The molecule has 1 aliphatic rings. The number of nitrogens with one attached hydrogen (secondary N) is 1. The van der Waals surface area contributed by atoms with Crippen LogP contribution < -0.4 is 14.8 Å². The second-order valence-corrected chi connectivity index (χ2v) is 13.0. The minimum Gasteiger partial charge on any atom is -0.497 e. The van der Waals surface area contributed by atoms with Crippen molar-refractivity contribution >= 4 is 27.7 Å². The topological polar surface area (TPSA) is 67.9 Å². The van der Waals surface area contributed by atoms with Crippen LogP contribution in [0.4, 0.5) is 0 Å². The number of amides is 2. The monoisotopic (exact) mass is 634 g/mol. The third-order valence-electron chi connectivity index (χ3n) is 7.86. The lowest BCUT2D eigenvalue weighted by Crippen LogP contribution is -2.53. The first-order valence-corrected chi connectivity index (χ1v) is 15.6. The molecule has 0 bridgehead atoms. The van der Waals surface area contributed by atoms with Crippen molar-refractivity contribution in [3.05, 3.63) is 94.0 Å². The molecule has 1 saturated carbocycles. The van der Waals surface area contributed by atoms with Gasteiger partial charge in [-0.1, -0.05) is 88.6 Å². The third-order valence-corrected chi connectivity index (χ3v) is 8.48. The Bertz CT molecular complexity index is 1330. The van der Waals surface area contributed by atoms with Crippen LogP contribution in [0.1, 0.15) is 69.6 Å². The summed E-state index contributed by atoms with van der Waals surface area (Å²) >= 11 is 3.62. The van der Waals surface area contributed by atoms with Gasteiger partial charge in [-0.3, -0.25) is 9.59 Å². The predicted molar refractivity (Wildman–Crippen MR) is 171 cm³/mol. The molecule has 0 heterocycles. The molecule has 42 heavy (non-hydrogen) atoms. The van der Waals surface area contributed by atoms with E-state index in [1.165, 1.54) is 6.42 Å². The molecule has 1 aliphatic carbocycles. The minimum absolute atomic E-state index is 0.0131. The molecule has 3 aromatic carbocycles. The molecule has 1 N–H and O–H groups in total. The minimum atomic E-state index is -0.705. The first kappa shape index (κ1) is 31.6. The fraction of sp³-hybridized carbons (Fsp3) is 0.429. The summed E-state index contributed by atoms with van der Waals surface area (Å²) in [4.78, 5) is 29.6. The number of hydrogen-bond donors (Lipinski definition) is 1. The lowest BCUT2D eigenvalue weighted by molar-refractivity contribution is -0.143. The van der Waals surface area contributed by atoms with Gasteiger partial charge in [0.05, 0.1) is 11.6 Å². The summed E-state index contributed by atoms with van der Waals surface area (Å²) in [5, 5.41) is 3.28. The molecule has 224 valence electrons. The highest BCUT2D eigenvalue weighted by Crippen LogP contribution is 2.31. The van der Waals surface area contributed by atoms with E-state index in [1.54, 1.807) is 12.0 Å². The molecular weight excluding hydrogens is 592 g/mol. The van der Waals surface area contributed by atoms with Gasteiger partial charge in [0.15, 0.2) is 6.61 Å². The van der Waals surface area contributed by atoms with E-state index in [-0.39, 0.29) is 36.4 Å². The zero-order valence-corrected chi connectivity index (χ0v) is 26.8. The molecule has 2 amide bonds. The predicted octanol–water partition coefficient (Wildman–Crippen LogP) is 7.22. The second kappa shape index (κ2) is 14.7. The summed E-state index contributed by atoms with van der Waals surface area (Å²) in [6, 6.07) is 22.9. The number of carbonyl (C=O) groups excluding carboxylic acids is 2. The molecule has 1 unspecified atom stereocenters. The van der Waals surface area contributed by atoms with Crippen molar-refractivity contribution in [1.82, 2.24) is 10.2 Å². The van der Waals surface area contributed by atoms with Crippen molar-refractivity contribution in [3.63, 3.8) is 0 Å². The Labute approximate surface area is 258 Å². The largest absolute Gasteiger partial charge is 0.497 e. The van der Waals surface area contributed by atoms with Crippen molar-refractivity contribution in [2.24, 2.45) is 0 Å². The standard InChI is InChI=1S/C35H43BrN2O4/c1-35(2,3)27-18-19-32(30(36)22-27)42-24-33(39)38(23-26-14-11-17-29(20-26)41-4)31(21-25-12-7-5-8-13-25)34(40)37-28-15-9-6-10-16-28/h5,7-8,11-14,17-20,22,28,31H,6,9-10,15-16,21,23-24H2,1-4H3,(H,37,40). The maximum atomic E-state index is 14.0. The van der Waals surface area contributed by atoms with Crippen LogP contribution in [-0.2, 0) is 28.0 Å². The fourth-order valence-electron chi connectivity index (χ4n) is 5.37. The highest BCUT2D eigenvalue weighted by molar-refractivity contribution is 9.10. The van der Waals surface area contributed by atoms with Crippen LogP contribution in [0, 0.1) is 0 Å². The summed E-state index contributed by atoms with van der Waals surface area (Å²) in [5.74, 6) is 0.899. The molecule has 0 spiro atoms. The first-order chi connectivity index (χ1) is 20.1. The van der Waals surface area contributed by atoms with Crippen LogP contribution >= 0.6 is 15.9 Å². The first-order valence-electron chi connectivity index (χ1n) is 14.8. The van der Waals surface area contributed by atoms with E-state index < -0.39 is 6.04 Å². The number of halogens is 1. The van der Waals surface area contributed by atoms with Crippen LogP contribution in [0.15, 0.2) is 77.3 Å². The maximum absolute atomic E-state index is 14.0. The molecule has 1 atom stereocenters.